The quantitative estimate of drug-likeness (QED) is 0.822. The Hall–Kier alpha value is -0.890. The molecule has 1 aliphatic rings. The summed E-state index contributed by atoms with van der Waals surface area (Å²) in [6.07, 6.45) is 4.68. The van der Waals surface area contributed by atoms with Gasteiger partial charge < -0.3 is 5.32 Å². The highest BCUT2D eigenvalue weighted by atomic mass is 14.9. The van der Waals surface area contributed by atoms with Crippen LogP contribution >= 0.6 is 0 Å². The van der Waals surface area contributed by atoms with E-state index in [0.29, 0.717) is 6.04 Å². The normalized spacial score (nSPS) is 17.8. The minimum Gasteiger partial charge on any atom is -0.308 e. The van der Waals surface area contributed by atoms with Gasteiger partial charge in [-0.05, 0) is 43.2 Å². The standard InChI is InChI=1S/C14H22N2/c1-10(2)14(12-6-7-12)16-9-13-11(3)5-4-8-15-13/h4-5,8,10,12,14,16H,6-7,9H2,1-3H3. The molecule has 2 rings (SSSR count). The lowest BCUT2D eigenvalue weighted by Crippen LogP contribution is -2.35. The first kappa shape index (κ1) is 11.6. The van der Waals surface area contributed by atoms with Crippen molar-refractivity contribution >= 4 is 0 Å². The third kappa shape index (κ3) is 2.82. The van der Waals surface area contributed by atoms with Gasteiger partial charge in [-0.25, -0.2) is 0 Å². The lowest BCUT2D eigenvalue weighted by molar-refractivity contribution is 0.357. The second-order valence-corrected chi connectivity index (χ2v) is 5.26. The van der Waals surface area contributed by atoms with Gasteiger partial charge in [0.2, 0.25) is 0 Å². The van der Waals surface area contributed by atoms with Gasteiger partial charge in [-0.15, -0.1) is 0 Å². The van der Waals surface area contributed by atoms with Crippen molar-refractivity contribution in [2.45, 2.75) is 46.2 Å². The number of nitrogens with one attached hydrogen (secondary N) is 1. The second-order valence-electron chi connectivity index (χ2n) is 5.26. The summed E-state index contributed by atoms with van der Waals surface area (Å²) >= 11 is 0. The topological polar surface area (TPSA) is 24.9 Å². The van der Waals surface area contributed by atoms with Gasteiger partial charge in [-0.2, -0.15) is 0 Å². The Bertz CT molecular complexity index is 340. The van der Waals surface area contributed by atoms with Crippen molar-refractivity contribution in [1.82, 2.24) is 10.3 Å². The van der Waals surface area contributed by atoms with E-state index < -0.39 is 0 Å². The van der Waals surface area contributed by atoms with Crippen LogP contribution in [-0.4, -0.2) is 11.0 Å². The van der Waals surface area contributed by atoms with Crippen LogP contribution in [0.4, 0.5) is 0 Å². The van der Waals surface area contributed by atoms with Gasteiger partial charge in [0, 0.05) is 18.8 Å². The number of rotatable bonds is 5. The Labute approximate surface area is 98.5 Å². The van der Waals surface area contributed by atoms with E-state index in [2.05, 4.69) is 37.1 Å². The molecule has 1 aromatic heterocycles. The molecule has 1 saturated carbocycles. The van der Waals surface area contributed by atoms with E-state index in [0.717, 1.165) is 18.4 Å². The SMILES string of the molecule is Cc1cccnc1CNC(C(C)C)C1CC1. The summed E-state index contributed by atoms with van der Waals surface area (Å²) in [7, 11) is 0. The summed E-state index contributed by atoms with van der Waals surface area (Å²) < 4.78 is 0. The molecule has 1 N–H and O–H groups in total. The van der Waals surface area contributed by atoms with Gasteiger partial charge in [0.05, 0.1) is 5.69 Å². The average molecular weight is 218 g/mol. The summed E-state index contributed by atoms with van der Waals surface area (Å²) in [5.41, 5.74) is 2.47. The van der Waals surface area contributed by atoms with Crippen LogP contribution < -0.4 is 5.32 Å². The molecule has 0 amide bonds. The van der Waals surface area contributed by atoms with Crippen LogP contribution in [-0.2, 0) is 6.54 Å². The second kappa shape index (κ2) is 4.96. The fraction of sp³-hybridized carbons (Fsp3) is 0.643. The Balaban J connectivity index is 1.93. The summed E-state index contributed by atoms with van der Waals surface area (Å²) in [4.78, 5) is 4.43. The van der Waals surface area contributed by atoms with Crippen LogP contribution in [0.25, 0.3) is 0 Å². The molecule has 2 heteroatoms. The van der Waals surface area contributed by atoms with Crippen LogP contribution in [0.2, 0.25) is 0 Å². The lowest BCUT2D eigenvalue weighted by Gasteiger charge is -2.22. The molecule has 1 aliphatic carbocycles. The van der Waals surface area contributed by atoms with Gasteiger partial charge in [0.1, 0.15) is 0 Å². The van der Waals surface area contributed by atoms with Crippen molar-refractivity contribution in [2.24, 2.45) is 11.8 Å². The predicted molar refractivity (Wildman–Crippen MR) is 67.2 cm³/mol. The highest BCUT2D eigenvalue weighted by Crippen LogP contribution is 2.35. The maximum absolute atomic E-state index is 4.43. The number of aryl methyl sites for hydroxylation is 1. The van der Waals surface area contributed by atoms with Crippen molar-refractivity contribution in [3.8, 4) is 0 Å². The fourth-order valence-electron chi connectivity index (χ4n) is 2.32. The van der Waals surface area contributed by atoms with Crippen LogP contribution in [0.1, 0.15) is 37.9 Å². The van der Waals surface area contributed by atoms with Gasteiger partial charge in [-0.1, -0.05) is 19.9 Å². The third-order valence-electron chi connectivity index (χ3n) is 3.47. The number of hydrogen-bond acceptors (Lipinski definition) is 2. The van der Waals surface area contributed by atoms with Crippen molar-refractivity contribution < 1.29 is 0 Å². The average Bonchev–Trinajstić information content (AvgIpc) is 3.04. The van der Waals surface area contributed by atoms with Crippen LogP contribution in [0, 0.1) is 18.8 Å². The molecule has 88 valence electrons. The fourth-order valence-corrected chi connectivity index (χ4v) is 2.32. The monoisotopic (exact) mass is 218 g/mol. The lowest BCUT2D eigenvalue weighted by atomic mass is 9.99. The summed E-state index contributed by atoms with van der Waals surface area (Å²) in [5, 5.41) is 3.68. The summed E-state index contributed by atoms with van der Waals surface area (Å²) in [6, 6.07) is 4.80. The predicted octanol–water partition coefficient (Wildman–Crippen LogP) is 2.91. The molecule has 0 saturated heterocycles. The van der Waals surface area contributed by atoms with Gasteiger partial charge in [0.25, 0.3) is 0 Å². The van der Waals surface area contributed by atoms with Gasteiger partial charge in [-0.3, -0.25) is 4.98 Å². The zero-order valence-corrected chi connectivity index (χ0v) is 10.5. The molecule has 0 aliphatic heterocycles. The number of hydrogen-bond donors (Lipinski definition) is 1. The Morgan fingerprint density at radius 3 is 2.75 bits per heavy atom. The molecule has 2 nitrogen and oxygen atoms in total. The van der Waals surface area contributed by atoms with E-state index in [4.69, 9.17) is 0 Å². The van der Waals surface area contributed by atoms with E-state index >= 15 is 0 Å². The minimum absolute atomic E-state index is 0.668. The molecule has 1 unspecified atom stereocenters. The third-order valence-corrected chi connectivity index (χ3v) is 3.47. The molecule has 0 radical (unpaired) electrons. The molecule has 0 spiro atoms. The Kier molecular flexibility index (Phi) is 3.59. The Morgan fingerprint density at radius 2 is 2.19 bits per heavy atom. The van der Waals surface area contributed by atoms with E-state index in [1.807, 2.05) is 12.3 Å². The molecule has 1 aromatic rings. The van der Waals surface area contributed by atoms with Crippen molar-refractivity contribution in [1.29, 1.82) is 0 Å². The van der Waals surface area contributed by atoms with Crippen LogP contribution in [0.5, 0.6) is 0 Å². The van der Waals surface area contributed by atoms with Crippen molar-refractivity contribution in [2.75, 3.05) is 0 Å². The van der Waals surface area contributed by atoms with Gasteiger partial charge in [0.15, 0.2) is 0 Å². The first-order valence-corrected chi connectivity index (χ1v) is 6.32. The maximum atomic E-state index is 4.43. The first-order chi connectivity index (χ1) is 7.68. The van der Waals surface area contributed by atoms with Crippen molar-refractivity contribution in [3.63, 3.8) is 0 Å². The van der Waals surface area contributed by atoms with Gasteiger partial charge >= 0.3 is 0 Å². The Morgan fingerprint density at radius 1 is 1.44 bits per heavy atom. The van der Waals surface area contributed by atoms with E-state index in [-0.39, 0.29) is 0 Å². The molecular weight excluding hydrogens is 196 g/mol. The largest absolute Gasteiger partial charge is 0.308 e. The summed E-state index contributed by atoms with van der Waals surface area (Å²) in [6.45, 7) is 7.65. The molecule has 1 heterocycles. The zero-order chi connectivity index (χ0) is 11.5. The first-order valence-electron chi connectivity index (χ1n) is 6.32. The van der Waals surface area contributed by atoms with E-state index in [1.54, 1.807) is 0 Å². The van der Waals surface area contributed by atoms with E-state index in [9.17, 15) is 0 Å². The van der Waals surface area contributed by atoms with E-state index in [1.165, 1.54) is 24.1 Å². The van der Waals surface area contributed by atoms with Crippen molar-refractivity contribution in [3.05, 3.63) is 29.6 Å². The molecule has 0 aromatic carbocycles. The molecule has 0 bridgehead atoms. The smallest absolute Gasteiger partial charge is 0.0570 e. The highest BCUT2D eigenvalue weighted by molar-refractivity contribution is 5.17. The number of nitrogens with zero attached hydrogens (tertiary/aromatic N) is 1. The number of pyridine rings is 1. The van der Waals surface area contributed by atoms with Crippen LogP contribution in [0.3, 0.4) is 0 Å². The molecule has 16 heavy (non-hydrogen) atoms. The molecule has 1 fully saturated rings. The van der Waals surface area contributed by atoms with Crippen LogP contribution in [0.15, 0.2) is 18.3 Å². The molecular formula is C14H22N2. The maximum Gasteiger partial charge on any atom is 0.0570 e. The minimum atomic E-state index is 0.668. The summed E-state index contributed by atoms with van der Waals surface area (Å²) in [5.74, 6) is 1.63. The highest BCUT2D eigenvalue weighted by Gasteiger charge is 2.32. The zero-order valence-electron chi connectivity index (χ0n) is 10.5. The number of aromatic nitrogens is 1. The molecule has 1 atom stereocenters.